The third-order valence-electron chi connectivity index (χ3n) is 6.56. The molecule has 7 nitrogen and oxygen atoms in total. The van der Waals surface area contributed by atoms with Gasteiger partial charge in [-0.3, -0.25) is 19.7 Å². The minimum atomic E-state index is -4.48. The Labute approximate surface area is 220 Å². The van der Waals surface area contributed by atoms with Gasteiger partial charge in [0.1, 0.15) is 5.69 Å². The lowest BCUT2D eigenvalue weighted by molar-refractivity contribution is -0.141. The van der Waals surface area contributed by atoms with Crippen LogP contribution in [0.25, 0.3) is 0 Å². The van der Waals surface area contributed by atoms with Crippen molar-refractivity contribution >= 4 is 15.7 Å². The molecule has 0 radical (unpaired) electrons. The van der Waals surface area contributed by atoms with E-state index in [4.69, 9.17) is 0 Å². The van der Waals surface area contributed by atoms with Gasteiger partial charge in [-0.25, -0.2) is 8.42 Å². The van der Waals surface area contributed by atoms with Gasteiger partial charge in [0.05, 0.1) is 27.9 Å². The molecular weight excluding hydrogens is 517 g/mol. The minimum absolute atomic E-state index is 0.0186. The Balaban J connectivity index is 1.44. The van der Waals surface area contributed by atoms with Gasteiger partial charge in [0.2, 0.25) is 0 Å². The lowest BCUT2D eigenvalue weighted by atomic mass is 9.99. The molecule has 0 saturated carbocycles. The van der Waals surface area contributed by atoms with Crippen molar-refractivity contribution in [2.45, 2.75) is 57.5 Å². The smallest absolute Gasteiger partial charge is 0.348 e. The second-order valence-corrected chi connectivity index (χ2v) is 11.9. The summed E-state index contributed by atoms with van der Waals surface area (Å²) in [5, 5.41) is 2.84. The van der Waals surface area contributed by atoms with Gasteiger partial charge in [0, 0.05) is 32.0 Å². The molecule has 0 spiro atoms. The average Bonchev–Trinajstić information content (AvgIpc) is 3.24. The fraction of sp³-hybridized carbons (Fsp3) is 0.370. The largest absolute Gasteiger partial charge is 0.433 e. The predicted molar refractivity (Wildman–Crippen MR) is 136 cm³/mol. The Hall–Kier alpha value is -3.31. The van der Waals surface area contributed by atoms with E-state index in [1.165, 1.54) is 30.6 Å². The highest BCUT2D eigenvalue weighted by Gasteiger charge is 2.35. The number of carbonyl (C=O) groups excluding carboxylic acids is 1. The zero-order chi connectivity index (χ0) is 27.7. The van der Waals surface area contributed by atoms with Gasteiger partial charge in [-0.05, 0) is 46.9 Å². The summed E-state index contributed by atoms with van der Waals surface area (Å²) in [5.74, 6) is -0.104. The van der Waals surface area contributed by atoms with Crippen LogP contribution >= 0.6 is 0 Å². The number of nitrogens with zero attached hydrogens (tertiary/aromatic N) is 3. The van der Waals surface area contributed by atoms with Crippen molar-refractivity contribution in [3.8, 4) is 0 Å². The van der Waals surface area contributed by atoms with E-state index < -0.39 is 21.7 Å². The number of amides is 1. The van der Waals surface area contributed by atoms with Gasteiger partial charge in [0.25, 0.3) is 5.91 Å². The third-order valence-corrected chi connectivity index (χ3v) is 8.31. The number of aromatic nitrogens is 2. The van der Waals surface area contributed by atoms with Crippen LogP contribution in [0.15, 0.2) is 59.8 Å². The van der Waals surface area contributed by atoms with Crippen LogP contribution in [0.3, 0.4) is 0 Å². The van der Waals surface area contributed by atoms with Crippen LogP contribution in [-0.2, 0) is 35.6 Å². The second kappa shape index (κ2) is 10.8. The standard InChI is InChI=1S/C27H29F3N4O3S/c1-4-38(36,37)22-8-5-18(6-9-22)12-33-26(35)20-11-21-16-34(25(17(2)3)24(21)32-14-20)15-19-7-10-23(31-13-19)27(28,29)30/h5-11,13-14,17,25H,4,12,15-16H2,1-3H3,(H,33,35)/t25-/m1/s1. The van der Waals surface area contributed by atoms with Gasteiger partial charge in [-0.2, -0.15) is 13.2 Å². The zero-order valence-electron chi connectivity index (χ0n) is 21.3. The van der Waals surface area contributed by atoms with Crippen LogP contribution in [0.5, 0.6) is 0 Å². The van der Waals surface area contributed by atoms with Crippen LogP contribution in [0, 0.1) is 5.92 Å². The number of sulfone groups is 1. The van der Waals surface area contributed by atoms with Gasteiger partial charge in [0.15, 0.2) is 9.84 Å². The highest BCUT2D eigenvalue weighted by molar-refractivity contribution is 7.91. The van der Waals surface area contributed by atoms with Crippen molar-refractivity contribution in [3.63, 3.8) is 0 Å². The first-order chi connectivity index (χ1) is 17.9. The maximum Gasteiger partial charge on any atom is 0.433 e. The second-order valence-electron chi connectivity index (χ2n) is 9.64. The van der Waals surface area contributed by atoms with Crippen LogP contribution < -0.4 is 5.32 Å². The van der Waals surface area contributed by atoms with Crippen LogP contribution in [0.2, 0.25) is 0 Å². The fourth-order valence-electron chi connectivity index (χ4n) is 4.61. The lowest BCUT2D eigenvalue weighted by Gasteiger charge is -2.27. The Bertz CT molecular complexity index is 1410. The number of benzene rings is 1. The molecule has 1 N–H and O–H groups in total. The number of rotatable bonds is 8. The van der Waals surface area contributed by atoms with E-state index in [-0.39, 0.29) is 35.1 Å². The minimum Gasteiger partial charge on any atom is -0.348 e. The van der Waals surface area contributed by atoms with E-state index in [0.717, 1.165) is 22.9 Å². The Kier molecular flexibility index (Phi) is 7.89. The maximum absolute atomic E-state index is 12.9. The van der Waals surface area contributed by atoms with E-state index in [1.54, 1.807) is 25.1 Å². The monoisotopic (exact) mass is 546 g/mol. The number of nitrogens with one attached hydrogen (secondary N) is 1. The molecule has 0 unspecified atom stereocenters. The molecule has 1 aliphatic heterocycles. The molecule has 1 aromatic carbocycles. The molecule has 0 bridgehead atoms. The molecular formula is C27H29F3N4O3S. The quantitative estimate of drug-likeness (QED) is 0.431. The number of fused-ring (bicyclic) bond motifs is 1. The highest BCUT2D eigenvalue weighted by atomic mass is 32.2. The topological polar surface area (TPSA) is 92.3 Å². The number of pyridine rings is 2. The molecule has 4 rings (SSSR count). The van der Waals surface area contributed by atoms with Gasteiger partial charge < -0.3 is 5.32 Å². The van der Waals surface area contributed by atoms with Crippen molar-refractivity contribution in [2.24, 2.45) is 5.92 Å². The van der Waals surface area contributed by atoms with Crippen molar-refractivity contribution in [1.82, 2.24) is 20.2 Å². The van der Waals surface area contributed by atoms with Crippen LogP contribution in [-0.4, -0.2) is 34.9 Å². The fourth-order valence-corrected chi connectivity index (χ4v) is 5.49. The van der Waals surface area contributed by atoms with Crippen molar-refractivity contribution in [3.05, 3.63) is 88.5 Å². The maximum atomic E-state index is 12.9. The molecule has 0 fully saturated rings. The molecule has 0 aliphatic carbocycles. The van der Waals surface area contributed by atoms with Gasteiger partial charge in [-0.15, -0.1) is 0 Å². The van der Waals surface area contributed by atoms with E-state index >= 15 is 0 Å². The summed E-state index contributed by atoms with van der Waals surface area (Å²) >= 11 is 0. The van der Waals surface area contributed by atoms with Gasteiger partial charge in [-0.1, -0.05) is 39.0 Å². The van der Waals surface area contributed by atoms with E-state index in [2.05, 4.69) is 34.0 Å². The summed E-state index contributed by atoms with van der Waals surface area (Å²) in [4.78, 5) is 23.4. The predicted octanol–water partition coefficient (Wildman–Crippen LogP) is 4.93. The SMILES string of the molecule is CCS(=O)(=O)c1ccc(CNC(=O)c2cnc3c(c2)CN(Cc2ccc(C(F)(F)F)nc2)[C@@H]3C(C)C)cc1. The lowest BCUT2D eigenvalue weighted by Crippen LogP contribution is -2.26. The van der Waals surface area contributed by atoms with Gasteiger partial charge >= 0.3 is 6.18 Å². The van der Waals surface area contributed by atoms with Crippen LogP contribution in [0.1, 0.15) is 65.2 Å². The third kappa shape index (κ3) is 6.05. The Morgan fingerprint density at radius 2 is 1.76 bits per heavy atom. The summed E-state index contributed by atoms with van der Waals surface area (Å²) in [5.41, 5.74) is 2.64. The number of hydrogen-bond donors (Lipinski definition) is 1. The zero-order valence-corrected chi connectivity index (χ0v) is 22.1. The first-order valence-electron chi connectivity index (χ1n) is 12.2. The van der Waals surface area contributed by atoms with Crippen LogP contribution in [0.4, 0.5) is 13.2 Å². The number of halogens is 3. The normalized spacial score (nSPS) is 16.0. The molecule has 2 aromatic heterocycles. The number of hydrogen-bond acceptors (Lipinski definition) is 6. The molecule has 11 heteroatoms. The summed E-state index contributed by atoms with van der Waals surface area (Å²) in [7, 11) is -3.29. The molecule has 1 aliphatic rings. The molecule has 1 atom stereocenters. The summed E-state index contributed by atoms with van der Waals surface area (Å²) in [6, 6.07) is 10.6. The first kappa shape index (κ1) is 27.7. The molecule has 3 heterocycles. The highest BCUT2D eigenvalue weighted by Crippen LogP contribution is 2.38. The number of alkyl halides is 3. The molecule has 202 valence electrons. The summed E-state index contributed by atoms with van der Waals surface area (Å²) in [6.07, 6.45) is -1.70. The molecule has 3 aromatic rings. The number of carbonyl (C=O) groups is 1. The van der Waals surface area contributed by atoms with Crippen molar-refractivity contribution in [2.75, 3.05) is 5.75 Å². The average molecular weight is 547 g/mol. The van der Waals surface area contributed by atoms with E-state index in [0.29, 0.717) is 24.2 Å². The Morgan fingerprint density at radius 3 is 2.34 bits per heavy atom. The molecule has 0 saturated heterocycles. The van der Waals surface area contributed by atoms with E-state index in [9.17, 15) is 26.4 Å². The molecule has 38 heavy (non-hydrogen) atoms. The van der Waals surface area contributed by atoms with Crippen molar-refractivity contribution < 1.29 is 26.4 Å². The Morgan fingerprint density at radius 1 is 1.08 bits per heavy atom. The summed E-state index contributed by atoms with van der Waals surface area (Å²) in [6.45, 7) is 6.82. The van der Waals surface area contributed by atoms with Crippen molar-refractivity contribution in [1.29, 1.82) is 0 Å². The molecule has 1 amide bonds. The first-order valence-corrected chi connectivity index (χ1v) is 13.9. The van der Waals surface area contributed by atoms with E-state index in [1.807, 2.05) is 0 Å². The summed E-state index contributed by atoms with van der Waals surface area (Å²) < 4.78 is 62.5.